The van der Waals surface area contributed by atoms with E-state index >= 15 is 0 Å². The zero-order valence-corrected chi connectivity index (χ0v) is 15.6. The van der Waals surface area contributed by atoms with Crippen molar-refractivity contribution < 1.29 is 13.2 Å². The number of hydrogen-bond donors (Lipinski definition) is 2. The molecule has 1 heterocycles. The average Bonchev–Trinajstić information content (AvgIpc) is 2.77. The van der Waals surface area contributed by atoms with E-state index in [1.807, 2.05) is 0 Å². The molecule has 124 valence electrons. The Bertz CT molecular complexity index is 832. The van der Waals surface area contributed by atoms with Crippen LogP contribution in [0, 0.1) is 0 Å². The Labute approximate surface area is 146 Å². The molecule has 2 rings (SSSR count). The Morgan fingerprint density at radius 2 is 2.00 bits per heavy atom. The van der Waals surface area contributed by atoms with Crippen molar-refractivity contribution in [1.29, 1.82) is 0 Å². The molecule has 0 bridgehead atoms. The van der Waals surface area contributed by atoms with Crippen LogP contribution in [0.4, 0.5) is 11.5 Å². The number of nitrogens with zero attached hydrogens (tertiary/aromatic N) is 2. The number of carbonyl (C=O) groups excluding carboxylic acids is 1. The van der Waals surface area contributed by atoms with Gasteiger partial charge in [0.15, 0.2) is 9.84 Å². The highest BCUT2D eigenvalue weighted by atomic mass is 79.9. The van der Waals surface area contributed by atoms with Crippen molar-refractivity contribution >= 4 is 54.9 Å². The molecule has 10 heteroatoms. The summed E-state index contributed by atoms with van der Waals surface area (Å²) in [7, 11) is -3.52. The van der Waals surface area contributed by atoms with Crippen LogP contribution in [0.25, 0.3) is 0 Å². The second-order valence-electron chi connectivity index (χ2n) is 4.71. The number of hydrogen-bond acceptors (Lipinski definition) is 6. The number of nitrogens with two attached hydrogens (primary N) is 1. The third-order valence-electron chi connectivity index (χ3n) is 2.90. The minimum atomic E-state index is -3.52. The average molecular weight is 419 g/mol. The number of benzene rings is 1. The van der Waals surface area contributed by atoms with Gasteiger partial charge >= 0.3 is 0 Å². The smallest absolute Gasteiger partial charge is 0.246 e. The minimum Gasteiger partial charge on any atom is -0.383 e. The number of rotatable bonds is 5. The standard InChI is InChI=1S/C13H15BrN4O3S2/c1-22-13-11(23(2,20)21)12(15)18(17-13)7-10(19)16-9-5-3-8(14)4-6-9/h3-6H,7,15H2,1-2H3,(H,16,19). The number of thioether (sulfide) groups is 1. The Kier molecular flexibility index (Phi) is 5.37. The zero-order valence-electron chi connectivity index (χ0n) is 12.4. The van der Waals surface area contributed by atoms with Crippen molar-refractivity contribution in [1.82, 2.24) is 9.78 Å². The number of nitrogens with one attached hydrogen (secondary N) is 1. The van der Waals surface area contributed by atoms with Crippen LogP contribution in [-0.4, -0.2) is 36.6 Å². The van der Waals surface area contributed by atoms with E-state index in [2.05, 4.69) is 26.3 Å². The molecule has 0 aliphatic rings. The molecule has 0 fully saturated rings. The predicted molar refractivity (Wildman–Crippen MR) is 94.3 cm³/mol. The van der Waals surface area contributed by atoms with Gasteiger partial charge in [-0.2, -0.15) is 5.10 Å². The Hall–Kier alpha value is -1.52. The van der Waals surface area contributed by atoms with Gasteiger partial charge in [-0.05, 0) is 30.5 Å². The maximum Gasteiger partial charge on any atom is 0.246 e. The summed E-state index contributed by atoms with van der Waals surface area (Å²) >= 11 is 4.47. The van der Waals surface area contributed by atoms with Crippen molar-refractivity contribution in [2.45, 2.75) is 16.5 Å². The van der Waals surface area contributed by atoms with Gasteiger partial charge in [0, 0.05) is 16.4 Å². The van der Waals surface area contributed by atoms with Crippen molar-refractivity contribution in [3.63, 3.8) is 0 Å². The van der Waals surface area contributed by atoms with Gasteiger partial charge in [-0.3, -0.25) is 4.79 Å². The van der Waals surface area contributed by atoms with Gasteiger partial charge in [-0.15, -0.1) is 11.8 Å². The summed E-state index contributed by atoms with van der Waals surface area (Å²) in [5.74, 6) is -0.392. The summed E-state index contributed by atoms with van der Waals surface area (Å²) < 4.78 is 25.7. The number of amides is 1. The van der Waals surface area contributed by atoms with E-state index < -0.39 is 9.84 Å². The summed E-state index contributed by atoms with van der Waals surface area (Å²) in [6.45, 7) is -0.176. The second-order valence-corrected chi connectivity index (χ2v) is 8.37. The van der Waals surface area contributed by atoms with Crippen LogP contribution in [0.15, 0.2) is 38.7 Å². The van der Waals surface area contributed by atoms with Crippen molar-refractivity contribution in [3.8, 4) is 0 Å². The molecule has 1 amide bonds. The summed E-state index contributed by atoms with van der Waals surface area (Å²) in [5.41, 5.74) is 6.47. The van der Waals surface area contributed by atoms with Crippen LogP contribution >= 0.6 is 27.7 Å². The fourth-order valence-electron chi connectivity index (χ4n) is 1.91. The maximum atomic E-state index is 12.1. The monoisotopic (exact) mass is 418 g/mol. The van der Waals surface area contributed by atoms with Crippen LogP contribution in [0.3, 0.4) is 0 Å². The molecule has 0 saturated heterocycles. The number of carbonyl (C=O) groups is 1. The van der Waals surface area contributed by atoms with E-state index in [9.17, 15) is 13.2 Å². The first-order valence-corrected chi connectivity index (χ1v) is 10.3. The lowest BCUT2D eigenvalue weighted by molar-refractivity contribution is -0.116. The lowest BCUT2D eigenvalue weighted by atomic mass is 10.3. The summed E-state index contributed by atoms with van der Waals surface area (Å²) in [4.78, 5) is 12.0. The van der Waals surface area contributed by atoms with E-state index in [0.29, 0.717) is 5.69 Å². The van der Waals surface area contributed by atoms with E-state index in [0.717, 1.165) is 22.5 Å². The molecule has 0 aliphatic heterocycles. The molecule has 7 nitrogen and oxygen atoms in total. The van der Waals surface area contributed by atoms with Gasteiger partial charge < -0.3 is 11.1 Å². The van der Waals surface area contributed by atoms with E-state index in [4.69, 9.17) is 5.73 Å². The van der Waals surface area contributed by atoms with Crippen LogP contribution in [-0.2, 0) is 21.2 Å². The molecule has 0 unspecified atom stereocenters. The fourth-order valence-corrected chi connectivity index (χ4v) is 4.19. The van der Waals surface area contributed by atoms with Crippen LogP contribution in [0.1, 0.15) is 0 Å². The molecule has 0 atom stereocenters. The molecule has 23 heavy (non-hydrogen) atoms. The first kappa shape index (κ1) is 17.8. The predicted octanol–water partition coefficient (Wildman–Crippen LogP) is 1.99. The fraction of sp³-hybridized carbons (Fsp3) is 0.231. The number of nitrogen functional groups attached to an aromatic ring is 1. The first-order chi connectivity index (χ1) is 10.7. The van der Waals surface area contributed by atoms with Gasteiger partial charge in [-0.25, -0.2) is 13.1 Å². The van der Waals surface area contributed by atoms with Crippen LogP contribution in [0.5, 0.6) is 0 Å². The van der Waals surface area contributed by atoms with Crippen molar-refractivity contribution in [3.05, 3.63) is 28.7 Å². The van der Waals surface area contributed by atoms with Crippen molar-refractivity contribution in [2.24, 2.45) is 0 Å². The highest BCUT2D eigenvalue weighted by Gasteiger charge is 2.24. The first-order valence-electron chi connectivity index (χ1n) is 6.38. The van der Waals surface area contributed by atoms with Gasteiger partial charge in [0.25, 0.3) is 0 Å². The largest absolute Gasteiger partial charge is 0.383 e. The molecule has 0 spiro atoms. The lowest BCUT2D eigenvalue weighted by Gasteiger charge is -2.07. The Morgan fingerprint density at radius 3 is 2.48 bits per heavy atom. The van der Waals surface area contributed by atoms with Gasteiger partial charge in [-0.1, -0.05) is 15.9 Å². The molecule has 2 aromatic rings. The third-order valence-corrected chi connectivity index (χ3v) is 5.38. The molecule has 3 N–H and O–H groups in total. The molecule has 0 radical (unpaired) electrons. The topological polar surface area (TPSA) is 107 Å². The van der Waals surface area contributed by atoms with Gasteiger partial charge in [0.1, 0.15) is 22.3 Å². The molecule has 1 aromatic heterocycles. The van der Waals surface area contributed by atoms with E-state index in [1.54, 1.807) is 30.5 Å². The number of halogens is 1. The molecule has 0 saturated carbocycles. The van der Waals surface area contributed by atoms with Crippen LogP contribution in [0.2, 0.25) is 0 Å². The lowest BCUT2D eigenvalue weighted by Crippen LogP contribution is -2.20. The Balaban J connectivity index is 2.21. The van der Waals surface area contributed by atoms with E-state index in [1.165, 1.54) is 4.68 Å². The number of sulfone groups is 1. The van der Waals surface area contributed by atoms with Gasteiger partial charge in [0.2, 0.25) is 5.91 Å². The molecular weight excluding hydrogens is 404 g/mol. The van der Waals surface area contributed by atoms with E-state index in [-0.39, 0.29) is 28.2 Å². The summed E-state index contributed by atoms with van der Waals surface area (Å²) in [6, 6.07) is 7.07. The summed E-state index contributed by atoms with van der Waals surface area (Å²) in [6.07, 6.45) is 2.76. The Morgan fingerprint density at radius 1 is 1.39 bits per heavy atom. The highest BCUT2D eigenvalue weighted by molar-refractivity contribution is 9.10. The quantitative estimate of drug-likeness (QED) is 0.718. The molecule has 0 aliphatic carbocycles. The highest BCUT2D eigenvalue weighted by Crippen LogP contribution is 2.29. The SMILES string of the molecule is CSc1nn(CC(=O)Nc2ccc(Br)cc2)c(N)c1S(C)(=O)=O. The number of anilines is 2. The zero-order chi connectivity index (χ0) is 17.2. The molecule has 1 aromatic carbocycles. The third kappa shape index (κ3) is 4.27. The van der Waals surface area contributed by atoms with Crippen LogP contribution < -0.4 is 11.1 Å². The van der Waals surface area contributed by atoms with Crippen molar-refractivity contribution in [2.75, 3.05) is 23.6 Å². The van der Waals surface area contributed by atoms with Gasteiger partial charge in [0.05, 0.1) is 0 Å². The normalized spacial score (nSPS) is 11.4. The minimum absolute atomic E-state index is 0.0391. The maximum absolute atomic E-state index is 12.1. The summed E-state index contributed by atoms with van der Waals surface area (Å²) in [5, 5.41) is 7.07. The second kappa shape index (κ2) is 6.93. The molecular formula is C13H15BrN4O3S2. The number of aromatic nitrogens is 2.